The number of thioether (sulfide) groups is 1. The van der Waals surface area contributed by atoms with Crippen molar-refractivity contribution in [2.24, 2.45) is 0 Å². The molecule has 0 bridgehead atoms. The highest BCUT2D eigenvalue weighted by Gasteiger charge is 2.32. The van der Waals surface area contributed by atoms with Gasteiger partial charge < -0.3 is 9.80 Å². The van der Waals surface area contributed by atoms with Crippen molar-refractivity contribution >= 4 is 23.6 Å². The van der Waals surface area contributed by atoms with E-state index >= 15 is 0 Å². The van der Waals surface area contributed by atoms with E-state index in [4.69, 9.17) is 0 Å². The van der Waals surface area contributed by atoms with E-state index in [1.54, 1.807) is 40.9 Å². The molecule has 2 amide bonds. The third kappa shape index (κ3) is 6.44. The Morgan fingerprint density at radius 1 is 1.21 bits per heavy atom. The number of carbonyl (C=O) groups is 2. The number of nitrogens with zero attached hydrogens (tertiary/aromatic N) is 3. The molecule has 0 radical (unpaired) electrons. The van der Waals surface area contributed by atoms with Gasteiger partial charge in [-0.05, 0) is 31.5 Å². The van der Waals surface area contributed by atoms with Crippen LogP contribution in [0.3, 0.4) is 0 Å². The lowest BCUT2D eigenvalue weighted by atomic mass is 10.2. The van der Waals surface area contributed by atoms with E-state index < -0.39 is 0 Å². The number of rotatable bonds is 10. The number of halogens is 1. The van der Waals surface area contributed by atoms with E-state index in [2.05, 4.69) is 13.2 Å². The third-order valence-electron chi connectivity index (χ3n) is 4.83. The summed E-state index contributed by atoms with van der Waals surface area (Å²) in [6, 6.07) is 6.33. The van der Waals surface area contributed by atoms with Crippen LogP contribution >= 0.6 is 11.8 Å². The van der Waals surface area contributed by atoms with Gasteiger partial charge in [0.2, 0.25) is 11.8 Å². The molecular formula is C22H30FN3O2S. The van der Waals surface area contributed by atoms with Crippen LogP contribution in [0, 0.1) is 5.82 Å². The Balaban J connectivity index is 2.06. The van der Waals surface area contributed by atoms with Gasteiger partial charge in [0.1, 0.15) is 11.2 Å². The van der Waals surface area contributed by atoms with Gasteiger partial charge in [-0.3, -0.25) is 14.5 Å². The molecule has 2 rings (SSSR count). The first-order chi connectivity index (χ1) is 13.9. The minimum atomic E-state index is -0.289. The summed E-state index contributed by atoms with van der Waals surface area (Å²) in [7, 11) is 0. The predicted octanol–water partition coefficient (Wildman–Crippen LogP) is 3.31. The smallest absolute Gasteiger partial charge is 0.237 e. The van der Waals surface area contributed by atoms with Crippen LogP contribution in [0.25, 0.3) is 0 Å². The number of amides is 2. The minimum absolute atomic E-state index is 0.0233. The Bertz CT molecular complexity index is 713. The normalized spacial score (nSPS) is 16.3. The van der Waals surface area contributed by atoms with Crippen molar-refractivity contribution in [3.63, 3.8) is 0 Å². The van der Waals surface area contributed by atoms with E-state index in [-0.39, 0.29) is 42.1 Å². The second-order valence-corrected chi connectivity index (χ2v) is 8.42. The van der Waals surface area contributed by atoms with Crippen LogP contribution < -0.4 is 0 Å². The van der Waals surface area contributed by atoms with Gasteiger partial charge in [0.05, 0.1) is 13.1 Å². The van der Waals surface area contributed by atoms with Crippen molar-refractivity contribution in [3.8, 4) is 0 Å². The summed E-state index contributed by atoms with van der Waals surface area (Å²) in [4.78, 5) is 31.1. The Labute approximate surface area is 177 Å². The van der Waals surface area contributed by atoms with E-state index in [1.807, 2.05) is 23.6 Å². The average molecular weight is 420 g/mol. The standard InChI is InChI=1S/C22H30FN3O2S/c1-5-11-24(12-6-2)20(27)15-25(17(3)4)16-21(28)26-13-14-29-22(26)18-7-9-19(23)10-8-18/h5-10,17,22H,1-2,11-16H2,3-4H3/t22-/m1/s1. The fourth-order valence-corrected chi connectivity index (χ4v) is 4.46. The molecule has 0 N–H and O–H groups in total. The van der Waals surface area contributed by atoms with Gasteiger partial charge in [-0.25, -0.2) is 4.39 Å². The van der Waals surface area contributed by atoms with Crippen LogP contribution in [-0.2, 0) is 9.59 Å². The lowest BCUT2D eigenvalue weighted by Gasteiger charge is -2.31. The van der Waals surface area contributed by atoms with Crippen molar-refractivity contribution in [1.82, 2.24) is 14.7 Å². The lowest BCUT2D eigenvalue weighted by Crippen LogP contribution is -2.47. The first-order valence-corrected chi connectivity index (χ1v) is 10.8. The zero-order valence-corrected chi connectivity index (χ0v) is 18.0. The Morgan fingerprint density at radius 3 is 2.38 bits per heavy atom. The number of benzene rings is 1. The van der Waals surface area contributed by atoms with E-state index in [1.165, 1.54) is 12.1 Å². The fourth-order valence-electron chi connectivity index (χ4n) is 3.18. The molecule has 1 heterocycles. The van der Waals surface area contributed by atoms with Crippen molar-refractivity contribution in [2.45, 2.75) is 25.3 Å². The van der Waals surface area contributed by atoms with E-state index in [0.717, 1.165) is 11.3 Å². The maximum atomic E-state index is 13.2. The Hall–Kier alpha value is -2.12. The molecule has 1 aromatic rings. The molecule has 0 aliphatic carbocycles. The number of hydrogen-bond donors (Lipinski definition) is 0. The summed E-state index contributed by atoms with van der Waals surface area (Å²) in [5.74, 6) is 0.464. The van der Waals surface area contributed by atoms with Crippen molar-refractivity contribution in [1.29, 1.82) is 0 Å². The van der Waals surface area contributed by atoms with Crippen LogP contribution in [-0.4, -0.2) is 71.0 Å². The van der Waals surface area contributed by atoms with Crippen molar-refractivity contribution in [3.05, 3.63) is 61.0 Å². The number of hydrogen-bond acceptors (Lipinski definition) is 4. The molecule has 5 nitrogen and oxygen atoms in total. The summed E-state index contributed by atoms with van der Waals surface area (Å²) >= 11 is 1.67. The summed E-state index contributed by atoms with van der Waals surface area (Å²) < 4.78 is 13.2. The monoisotopic (exact) mass is 419 g/mol. The lowest BCUT2D eigenvalue weighted by molar-refractivity contribution is -0.136. The maximum absolute atomic E-state index is 13.2. The van der Waals surface area contributed by atoms with Crippen LogP contribution in [0.15, 0.2) is 49.6 Å². The van der Waals surface area contributed by atoms with Gasteiger partial charge in [-0.2, -0.15) is 0 Å². The molecule has 0 unspecified atom stereocenters. The largest absolute Gasteiger partial charge is 0.334 e. The molecule has 1 saturated heterocycles. The maximum Gasteiger partial charge on any atom is 0.237 e. The molecule has 29 heavy (non-hydrogen) atoms. The van der Waals surface area contributed by atoms with Gasteiger partial charge in [-0.15, -0.1) is 24.9 Å². The molecule has 0 spiro atoms. The molecule has 1 aliphatic heterocycles. The van der Waals surface area contributed by atoms with Gasteiger partial charge in [0, 0.05) is 31.4 Å². The molecule has 1 aliphatic rings. The Morgan fingerprint density at radius 2 is 1.83 bits per heavy atom. The van der Waals surface area contributed by atoms with Crippen LogP contribution in [0.5, 0.6) is 0 Å². The summed E-state index contributed by atoms with van der Waals surface area (Å²) in [5.41, 5.74) is 0.914. The molecule has 1 fully saturated rings. The summed E-state index contributed by atoms with van der Waals surface area (Å²) in [5, 5.41) is -0.120. The predicted molar refractivity (Wildman–Crippen MR) is 117 cm³/mol. The van der Waals surface area contributed by atoms with E-state index in [9.17, 15) is 14.0 Å². The minimum Gasteiger partial charge on any atom is -0.334 e. The summed E-state index contributed by atoms with van der Waals surface area (Å²) in [6.45, 7) is 13.2. The van der Waals surface area contributed by atoms with Crippen molar-refractivity contribution in [2.75, 3.05) is 38.5 Å². The first kappa shape index (κ1) is 23.2. The van der Waals surface area contributed by atoms with Crippen LogP contribution in [0.2, 0.25) is 0 Å². The zero-order valence-electron chi connectivity index (χ0n) is 17.2. The topological polar surface area (TPSA) is 43.9 Å². The van der Waals surface area contributed by atoms with Crippen LogP contribution in [0.1, 0.15) is 24.8 Å². The highest BCUT2D eigenvalue weighted by molar-refractivity contribution is 7.99. The second kappa shape index (κ2) is 11.2. The zero-order chi connectivity index (χ0) is 21.4. The molecule has 0 saturated carbocycles. The van der Waals surface area contributed by atoms with E-state index in [0.29, 0.717) is 19.6 Å². The fraction of sp³-hybridized carbons (Fsp3) is 0.455. The molecule has 0 aromatic heterocycles. The second-order valence-electron chi connectivity index (χ2n) is 7.24. The average Bonchev–Trinajstić information content (AvgIpc) is 3.17. The molecular weight excluding hydrogens is 389 g/mol. The van der Waals surface area contributed by atoms with Gasteiger partial charge in [-0.1, -0.05) is 24.3 Å². The molecule has 158 valence electrons. The SMILES string of the molecule is C=CCN(CC=C)C(=O)CN(CC(=O)N1CCS[C@@H]1c1ccc(F)cc1)C(C)C. The van der Waals surface area contributed by atoms with Crippen LogP contribution in [0.4, 0.5) is 4.39 Å². The van der Waals surface area contributed by atoms with Gasteiger partial charge in [0.15, 0.2) is 0 Å². The highest BCUT2D eigenvalue weighted by atomic mass is 32.2. The third-order valence-corrected chi connectivity index (χ3v) is 6.09. The quantitative estimate of drug-likeness (QED) is 0.546. The number of carbonyl (C=O) groups excluding carboxylic acids is 2. The molecule has 1 aromatic carbocycles. The van der Waals surface area contributed by atoms with Gasteiger partial charge in [0.25, 0.3) is 0 Å². The van der Waals surface area contributed by atoms with Gasteiger partial charge >= 0.3 is 0 Å². The Kier molecular flexibility index (Phi) is 8.92. The highest BCUT2D eigenvalue weighted by Crippen LogP contribution is 2.37. The first-order valence-electron chi connectivity index (χ1n) is 9.77. The van der Waals surface area contributed by atoms with Crippen molar-refractivity contribution < 1.29 is 14.0 Å². The molecule has 1 atom stereocenters. The molecule has 7 heteroatoms. The summed E-state index contributed by atoms with van der Waals surface area (Å²) in [6.07, 6.45) is 3.36.